The third-order valence-electron chi connectivity index (χ3n) is 4.74. The first kappa shape index (κ1) is 17.1. The molecule has 1 atom stereocenters. The Morgan fingerprint density at radius 3 is 2.71 bits per heavy atom. The van der Waals surface area contributed by atoms with E-state index in [1.165, 1.54) is 18.6 Å². The lowest BCUT2D eigenvalue weighted by molar-refractivity contribution is -0.127. The van der Waals surface area contributed by atoms with E-state index in [4.69, 9.17) is 4.74 Å². The van der Waals surface area contributed by atoms with E-state index in [0.29, 0.717) is 5.92 Å². The van der Waals surface area contributed by atoms with Crippen molar-refractivity contribution in [2.24, 2.45) is 5.92 Å². The molecule has 2 aliphatic rings. The first-order valence-electron chi connectivity index (χ1n) is 8.73. The van der Waals surface area contributed by atoms with Crippen molar-refractivity contribution < 1.29 is 13.9 Å². The summed E-state index contributed by atoms with van der Waals surface area (Å²) in [6, 6.07) is 6.17. The first-order valence-corrected chi connectivity index (χ1v) is 8.73. The zero-order valence-corrected chi connectivity index (χ0v) is 14.0. The van der Waals surface area contributed by atoms with Crippen LogP contribution in [0.25, 0.3) is 6.08 Å². The molecule has 2 heterocycles. The number of carbonyl (C=O) groups excluding carboxylic acids is 1. The van der Waals surface area contributed by atoms with Gasteiger partial charge in [-0.2, -0.15) is 0 Å². The molecule has 0 N–H and O–H groups in total. The van der Waals surface area contributed by atoms with Gasteiger partial charge in [0.25, 0.3) is 0 Å². The molecule has 2 fully saturated rings. The first-order chi connectivity index (χ1) is 11.7. The fraction of sp³-hybridized carbons (Fsp3) is 0.526. The van der Waals surface area contributed by atoms with Crippen LogP contribution < -0.4 is 0 Å². The SMILES string of the molecule is O=C(/C=C\c1ccc(F)cc1)N1CCC[C@H](CN2CCOCC2)C1. The molecule has 0 aromatic heterocycles. The summed E-state index contributed by atoms with van der Waals surface area (Å²) in [5.41, 5.74) is 0.839. The number of likely N-dealkylation sites (tertiary alicyclic amines) is 1. The van der Waals surface area contributed by atoms with Gasteiger partial charge in [-0.25, -0.2) is 4.39 Å². The average Bonchev–Trinajstić information content (AvgIpc) is 2.62. The van der Waals surface area contributed by atoms with Crippen LogP contribution in [0.2, 0.25) is 0 Å². The number of nitrogens with zero attached hydrogens (tertiary/aromatic N) is 2. The average molecular weight is 332 g/mol. The van der Waals surface area contributed by atoms with Gasteiger partial charge in [0, 0.05) is 38.8 Å². The highest BCUT2D eigenvalue weighted by Crippen LogP contribution is 2.19. The maximum Gasteiger partial charge on any atom is 0.246 e. The van der Waals surface area contributed by atoms with E-state index in [2.05, 4.69) is 4.90 Å². The minimum atomic E-state index is -0.263. The molecule has 0 saturated carbocycles. The number of amides is 1. The zero-order valence-electron chi connectivity index (χ0n) is 14.0. The van der Waals surface area contributed by atoms with Gasteiger partial charge < -0.3 is 9.64 Å². The van der Waals surface area contributed by atoms with Gasteiger partial charge in [-0.15, -0.1) is 0 Å². The molecule has 1 aromatic rings. The number of hydrogen-bond acceptors (Lipinski definition) is 3. The number of halogens is 1. The second-order valence-corrected chi connectivity index (χ2v) is 6.59. The van der Waals surface area contributed by atoms with Gasteiger partial charge in [-0.3, -0.25) is 9.69 Å². The number of hydrogen-bond donors (Lipinski definition) is 0. The van der Waals surface area contributed by atoms with Crippen LogP contribution in [-0.2, 0) is 9.53 Å². The molecular formula is C19H25FN2O2. The number of carbonyl (C=O) groups is 1. The summed E-state index contributed by atoms with van der Waals surface area (Å²) >= 11 is 0. The summed E-state index contributed by atoms with van der Waals surface area (Å²) in [4.78, 5) is 16.8. The van der Waals surface area contributed by atoms with Crippen LogP contribution in [-0.4, -0.2) is 61.6 Å². The van der Waals surface area contributed by atoms with E-state index in [0.717, 1.165) is 57.9 Å². The van der Waals surface area contributed by atoms with Gasteiger partial charge >= 0.3 is 0 Å². The molecule has 0 unspecified atom stereocenters. The van der Waals surface area contributed by atoms with E-state index in [-0.39, 0.29) is 11.7 Å². The zero-order chi connectivity index (χ0) is 16.8. The third-order valence-corrected chi connectivity index (χ3v) is 4.74. The summed E-state index contributed by atoms with van der Waals surface area (Å²) in [6.45, 7) is 6.32. The Morgan fingerprint density at radius 1 is 1.21 bits per heavy atom. The third kappa shape index (κ3) is 4.89. The smallest absolute Gasteiger partial charge is 0.246 e. The minimum Gasteiger partial charge on any atom is -0.379 e. The van der Waals surface area contributed by atoms with Crippen molar-refractivity contribution in [2.45, 2.75) is 12.8 Å². The summed E-state index contributed by atoms with van der Waals surface area (Å²) in [7, 11) is 0. The number of piperidine rings is 1. The molecule has 130 valence electrons. The van der Waals surface area contributed by atoms with Crippen molar-refractivity contribution in [3.63, 3.8) is 0 Å². The van der Waals surface area contributed by atoms with Crippen molar-refractivity contribution in [3.8, 4) is 0 Å². The van der Waals surface area contributed by atoms with Gasteiger partial charge in [0.15, 0.2) is 0 Å². The molecule has 1 amide bonds. The van der Waals surface area contributed by atoms with Crippen LogP contribution in [0.4, 0.5) is 4.39 Å². The van der Waals surface area contributed by atoms with Crippen LogP contribution in [0, 0.1) is 11.7 Å². The summed E-state index contributed by atoms with van der Waals surface area (Å²) in [5, 5.41) is 0. The van der Waals surface area contributed by atoms with Gasteiger partial charge in [0.05, 0.1) is 13.2 Å². The maximum atomic E-state index is 12.9. The number of benzene rings is 1. The molecule has 2 aliphatic heterocycles. The Bertz CT molecular complexity index is 567. The topological polar surface area (TPSA) is 32.8 Å². The second-order valence-electron chi connectivity index (χ2n) is 6.59. The fourth-order valence-electron chi connectivity index (χ4n) is 3.41. The molecule has 0 spiro atoms. The lowest BCUT2D eigenvalue weighted by atomic mass is 9.97. The highest BCUT2D eigenvalue weighted by Gasteiger charge is 2.24. The van der Waals surface area contributed by atoms with Crippen LogP contribution in [0.3, 0.4) is 0 Å². The number of morpholine rings is 1. The Morgan fingerprint density at radius 2 is 1.96 bits per heavy atom. The second kappa shape index (κ2) is 8.40. The highest BCUT2D eigenvalue weighted by atomic mass is 19.1. The van der Waals surface area contributed by atoms with E-state index >= 15 is 0 Å². The van der Waals surface area contributed by atoms with Crippen molar-refractivity contribution >= 4 is 12.0 Å². The van der Waals surface area contributed by atoms with Crippen LogP contribution in [0.15, 0.2) is 30.3 Å². The molecule has 5 heteroatoms. The molecule has 2 saturated heterocycles. The monoisotopic (exact) mass is 332 g/mol. The predicted molar refractivity (Wildman–Crippen MR) is 92.0 cm³/mol. The quantitative estimate of drug-likeness (QED) is 0.794. The lowest BCUT2D eigenvalue weighted by Gasteiger charge is -2.36. The molecular weight excluding hydrogens is 307 g/mol. The van der Waals surface area contributed by atoms with Crippen molar-refractivity contribution in [1.29, 1.82) is 0 Å². The Balaban J connectivity index is 1.51. The van der Waals surface area contributed by atoms with Crippen LogP contribution in [0.5, 0.6) is 0 Å². The standard InChI is InChI=1S/C19H25FN2O2/c20-18-6-3-16(4-7-18)5-8-19(23)22-9-1-2-17(15-22)14-21-10-12-24-13-11-21/h3-8,17H,1-2,9-15H2/b8-5-/t17-/m1/s1. The molecule has 1 aromatic carbocycles. The Hall–Kier alpha value is -1.72. The van der Waals surface area contributed by atoms with Gasteiger partial charge in [0.2, 0.25) is 5.91 Å². The number of rotatable bonds is 4. The van der Waals surface area contributed by atoms with E-state index in [9.17, 15) is 9.18 Å². The predicted octanol–water partition coefficient (Wildman–Crippen LogP) is 2.41. The van der Waals surface area contributed by atoms with E-state index < -0.39 is 0 Å². The largest absolute Gasteiger partial charge is 0.379 e. The van der Waals surface area contributed by atoms with Crippen molar-refractivity contribution in [2.75, 3.05) is 45.9 Å². The molecule has 4 nitrogen and oxygen atoms in total. The normalized spacial score (nSPS) is 22.9. The molecule has 0 aliphatic carbocycles. The van der Waals surface area contributed by atoms with E-state index in [1.807, 2.05) is 4.90 Å². The molecule has 0 bridgehead atoms. The fourth-order valence-corrected chi connectivity index (χ4v) is 3.41. The van der Waals surface area contributed by atoms with Gasteiger partial charge in [-0.05, 0) is 42.5 Å². The van der Waals surface area contributed by atoms with Crippen molar-refractivity contribution in [3.05, 3.63) is 41.7 Å². The summed E-state index contributed by atoms with van der Waals surface area (Å²) in [6.07, 6.45) is 5.60. The molecule has 0 radical (unpaired) electrons. The van der Waals surface area contributed by atoms with Crippen LogP contribution in [0.1, 0.15) is 18.4 Å². The van der Waals surface area contributed by atoms with E-state index in [1.54, 1.807) is 24.3 Å². The van der Waals surface area contributed by atoms with Crippen molar-refractivity contribution in [1.82, 2.24) is 9.80 Å². The van der Waals surface area contributed by atoms with Gasteiger partial charge in [-0.1, -0.05) is 12.1 Å². The summed E-state index contributed by atoms with van der Waals surface area (Å²) in [5.74, 6) is 0.325. The highest BCUT2D eigenvalue weighted by molar-refractivity contribution is 5.91. The number of ether oxygens (including phenoxy) is 1. The van der Waals surface area contributed by atoms with Gasteiger partial charge in [0.1, 0.15) is 5.82 Å². The lowest BCUT2D eigenvalue weighted by Crippen LogP contribution is -2.45. The molecule has 3 rings (SSSR count). The summed E-state index contributed by atoms with van der Waals surface area (Å²) < 4.78 is 18.3. The van der Waals surface area contributed by atoms with Crippen LogP contribution >= 0.6 is 0 Å². The Kier molecular flexibility index (Phi) is 5.99. The maximum absolute atomic E-state index is 12.9. The minimum absolute atomic E-state index is 0.0472. The molecule has 24 heavy (non-hydrogen) atoms. The Labute approximate surface area is 142 Å².